The van der Waals surface area contributed by atoms with Gasteiger partial charge in [-0.05, 0) is 19.1 Å². The van der Waals surface area contributed by atoms with E-state index in [-0.39, 0.29) is 11.9 Å². The van der Waals surface area contributed by atoms with Crippen molar-refractivity contribution in [2.24, 2.45) is 5.73 Å². The maximum atomic E-state index is 12.0. The minimum atomic E-state index is -0.0748. The Labute approximate surface area is 100.0 Å². The number of carbonyl (C=O) groups is 1. The van der Waals surface area contributed by atoms with E-state index in [0.29, 0.717) is 6.42 Å². The highest BCUT2D eigenvalue weighted by atomic mass is 32.2. The molecule has 16 heavy (non-hydrogen) atoms. The fraction of sp³-hybridized carbons (Fsp3) is 0.417. The van der Waals surface area contributed by atoms with Gasteiger partial charge in [-0.2, -0.15) is 0 Å². The third kappa shape index (κ3) is 2.39. The summed E-state index contributed by atoms with van der Waals surface area (Å²) in [5, 5.41) is 0. The molecule has 0 fully saturated rings. The minimum Gasteiger partial charge on any atom is -0.327 e. The SMILES string of the molecule is CC(N)CC(=O)N1CCSc2ccccc21. The molecule has 2 N–H and O–H groups in total. The number of nitrogens with zero attached hydrogens (tertiary/aromatic N) is 1. The third-order valence-electron chi connectivity index (χ3n) is 2.53. The van der Waals surface area contributed by atoms with Crippen molar-refractivity contribution in [1.29, 1.82) is 0 Å². The summed E-state index contributed by atoms with van der Waals surface area (Å²) in [5.74, 6) is 1.09. The average molecular weight is 236 g/mol. The van der Waals surface area contributed by atoms with E-state index in [1.807, 2.05) is 30.0 Å². The number of thioether (sulfide) groups is 1. The number of carbonyl (C=O) groups excluding carboxylic acids is 1. The van der Waals surface area contributed by atoms with Gasteiger partial charge in [0.2, 0.25) is 5.91 Å². The lowest BCUT2D eigenvalue weighted by molar-refractivity contribution is -0.118. The first-order valence-corrected chi connectivity index (χ1v) is 6.45. The molecule has 4 heteroatoms. The van der Waals surface area contributed by atoms with E-state index < -0.39 is 0 Å². The molecule has 1 aromatic rings. The molecule has 0 saturated heterocycles. The Bertz CT molecular complexity index is 392. The van der Waals surface area contributed by atoms with Crippen LogP contribution in [0.3, 0.4) is 0 Å². The highest BCUT2D eigenvalue weighted by Crippen LogP contribution is 2.34. The van der Waals surface area contributed by atoms with Crippen LogP contribution in [0.15, 0.2) is 29.2 Å². The Hall–Kier alpha value is -1.00. The summed E-state index contributed by atoms with van der Waals surface area (Å²) < 4.78 is 0. The van der Waals surface area contributed by atoms with E-state index in [1.165, 1.54) is 4.90 Å². The predicted molar refractivity (Wildman–Crippen MR) is 67.8 cm³/mol. The van der Waals surface area contributed by atoms with Crippen molar-refractivity contribution in [2.75, 3.05) is 17.2 Å². The predicted octanol–water partition coefficient (Wildman–Crippen LogP) is 1.86. The maximum Gasteiger partial charge on any atom is 0.228 e. The number of nitrogens with two attached hydrogens (primary N) is 1. The Kier molecular flexibility index (Phi) is 3.51. The van der Waals surface area contributed by atoms with Gasteiger partial charge in [0.05, 0.1) is 5.69 Å². The molecule has 1 aliphatic heterocycles. The number of amides is 1. The van der Waals surface area contributed by atoms with Crippen molar-refractivity contribution in [3.05, 3.63) is 24.3 Å². The van der Waals surface area contributed by atoms with Crippen molar-refractivity contribution in [2.45, 2.75) is 24.3 Å². The molecule has 86 valence electrons. The summed E-state index contributed by atoms with van der Waals surface area (Å²) in [6.07, 6.45) is 0.416. The molecule has 1 unspecified atom stereocenters. The van der Waals surface area contributed by atoms with Gasteiger partial charge in [0.15, 0.2) is 0 Å². The van der Waals surface area contributed by atoms with Gasteiger partial charge in [-0.25, -0.2) is 0 Å². The summed E-state index contributed by atoms with van der Waals surface area (Å²) in [6, 6.07) is 7.96. The second-order valence-corrected chi connectivity index (χ2v) is 5.18. The van der Waals surface area contributed by atoms with Crippen LogP contribution >= 0.6 is 11.8 Å². The lowest BCUT2D eigenvalue weighted by Gasteiger charge is -2.29. The standard InChI is InChI=1S/C12H16N2OS/c1-9(13)8-12(15)14-6-7-16-11-5-3-2-4-10(11)14/h2-5,9H,6-8,13H2,1H3. The molecule has 2 rings (SSSR count). The molecule has 0 radical (unpaired) electrons. The van der Waals surface area contributed by atoms with Crippen molar-refractivity contribution < 1.29 is 4.79 Å². The number of fused-ring (bicyclic) bond motifs is 1. The minimum absolute atomic E-state index is 0.0748. The first-order valence-electron chi connectivity index (χ1n) is 5.46. The van der Waals surface area contributed by atoms with Gasteiger partial charge in [-0.15, -0.1) is 11.8 Å². The highest BCUT2D eigenvalue weighted by molar-refractivity contribution is 7.99. The van der Waals surface area contributed by atoms with Crippen LogP contribution in [0.1, 0.15) is 13.3 Å². The molecule has 1 aliphatic rings. The Morgan fingerprint density at radius 3 is 3.06 bits per heavy atom. The summed E-state index contributed by atoms with van der Waals surface area (Å²) in [5.41, 5.74) is 6.70. The average Bonchev–Trinajstić information content (AvgIpc) is 2.27. The first-order chi connectivity index (χ1) is 7.68. The zero-order chi connectivity index (χ0) is 11.5. The van der Waals surface area contributed by atoms with Crippen molar-refractivity contribution in [3.8, 4) is 0 Å². The maximum absolute atomic E-state index is 12.0. The van der Waals surface area contributed by atoms with E-state index >= 15 is 0 Å². The van der Waals surface area contributed by atoms with E-state index in [9.17, 15) is 4.79 Å². The van der Waals surface area contributed by atoms with Gasteiger partial charge >= 0.3 is 0 Å². The fourth-order valence-electron chi connectivity index (χ4n) is 1.81. The summed E-state index contributed by atoms with van der Waals surface area (Å²) in [6.45, 7) is 2.65. The summed E-state index contributed by atoms with van der Waals surface area (Å²) in [4.78, 5) is 15.1. The molecule has 1 atom stereocenters. The second-order valence-electron chi connectivity index (χ2n) is 4.04. The van der Waals surface area contributed by atoms with Crippen LogP contribution in [0.2, 0.25) is 0 Å². The quantitative estimate of drug-likeness (QED) is 0.852. The summed E-state index contributed by atoms with van der Waals surface area (Å²) in [7, 11) is 0. The van der Waals surface area contributed by atoms with Crippen LogP contribution in [0.5, 0.6) is 0 Å². The van der Waals surface area contributed by atoms with Crippen LogP contribution < -0.4 is 10.6 Å². The van der Waals surface area contributed by atoms with Crippen molar-refractivity contribution in [3.63, 3.8) is 0 Å². The zero-order valence-corrected chi connectivity index (χ0v) is 10.2. The van der Waals surface area contributed by atoms with E-state index in [0.717, 1.165) is 18.0 Å². The third-order valence-corrected chi connectivity index (χ3v) is 3.57. The molecule has 0 aromatic heterocycles. The smallest absolute Gasteiger partial charge is 0.228 e. The molecule has 0 bridgehead atoms. The van der Waals surface area contributed by atoms with Crippen LogP contribution in [-0.2, 0) is 4.79 Å². The van der Waals surface area contributed by atoms with Crippen LogP contribution in [-0.4, -0.2) is 24.2 Å². The Balaban J connectivity index is 2.21. The highest BCUT2D eigenvalue weighted by Gasteiger charge is 2.22. The normalized spacial score (nSPS) is 16.8. The largest absolute Gasteiger partial charge is 0.327 e. The zero-order valence-electron chi connectivity index (χ0n) is 9.35. The second kappa shape index (κ2) is 4.89. The molecule has 0 saturated carbocycles. The van der Waals surface area contributed by atoms with Gasteiger partial charge in [-0.3, -0.25) is 4.79 Å². The Morgan fingerprint density at radius 2 is 2.31 bits per heavy atom. The molecule has 1 amide bonds. The molecular weight excluding hydrogens is 220 g/mol. The van der Waals surface area contributed by atoms with Gasteiger partial charge in [-0.1, -0.05) is 12.1 Å². The van der Waals surface area contributed by atoms with Crippen LogP contribution in [0, 0.1) is 0 Å². The summed E-state index contributed by atoms with van der Waals surface area (Å²) >= 11 is 1.80. The topological polar surface area (TPSA) is 46.3 Å². The molecule has 0 spiro atoms. The number of hydrogen-bond acceptors (Lipinski definition) is 3. The fourth-order valence-corrected chi connectivity index (χ4v) is 2.81. The lowest BCUT2D eigenvalue weighted by Crippen LogP contribution is -2.38. The van der Waals surface area contributed by atoms with E-state index in [4.69, 9.17) is 5.73 Å². The van der Waals surface area contributed by atoms with Crippen LogP contribution in [0.25, 0.3) is 0 Å². The monoisotopic (exact) mass is 236 g/mol. The van der Waals surface area contributed by atoms with Gasteiger partial charge in [0.1, 0.15) is 0 Å². The Morgan fingerprint density at radius 1 is 1.56 bits per heavy atom. The van der Waals surface area contributed by atoms with Crippen molar-refractivity contribution >= 4 is 23.4 Å². The number of anilines is 1. The molecule has 0 aliphatic carbocycles. The number of rotatable bonds is 2. The van der Waals surface area contributed by atoms with E-state index in [2.05, 4.69) is 6.07 Å². The van der Waals surface area contributed by atoms with Gasteiger partial charge in [0, 0.05) is 29.7 Å². The molecule has 1 heterocycles. The number of benzene rings is 1. The van der Waals surface area contributed by atoms with E-state index in [1.54, 1.807) is 11.8 Å². The molecule has 3 nitrogen and oxygen atoms in total. The van der Waals surface area contributed by atoms with Gasteiger partial charge in [0.25, 0.3) is 0 Å². The first kappa shape index (κ1) is 11.5. The van der Waals surface area contributed by atoms with Crippen LogP contribution in [0.4, 0.5) is 5.69 Å². The number of hydrogen-bond donors (Lipinski definition) is 1. The number of para-hydroxylation sites is 1. The van der Waals surface area contributed by atoms with Gasteiger partial charge < -0.3 is 10.6 Å². The molecule has 1 aromatic carbocycles. The van der Waals surface area contributed by atoms with Crippen molar-refractivity contribution in [1.82, 2.24) is 0 Å². The molecular formula is C12H16N2OS. The lowest BCUT2D eigenvalue weighted by atomic mass is 10.2.